The van der Waals surface area contributed by atoms with Crippen molar-refractivity contribution in [3.63, 3.8) is 0 Å². The molecular weight excluding hydrogens is 470 g/mol. The Balaban J connectivity index is 1.19. The van der Waals surface area contributed by atoms with Crippen LogP contribution >= 0.6 is 0 Å². The number of nitrogens with zero attached hydrogens (tertiary/aromatic N) is 7. The predicted molar refractivity (Wildman–Crippen MR) is 128 cm³/mol. The van der Waals surface area contributed by atoms with Gasteiger partial charge in [-0.25, -0.2) is 13.4 Å². The van der Waals surface area contributed by atoms with E-state index in [1.807, 2.05) is 29.8 Å². The van der Waals surface area contributed by atoms with E-state index >= 15 is 0 Å². The normalized spacial score (nSPS) is 17.5. The molecule has 1 aromatic carbocycles. The van der Waals surface area contributed by atoms with E-state index in [-0.39, 0.29) is 10.8 Å². The van der Waals surface area contributed by atoms with Gasteiger partial charge in [-0.2, -0.15) is 4.31 Å². The molecule has 0 unspecified atom stereocenters. The molecule has 11 nitrogen and oxygen atoms in total. The molecule has 2 aliphatic heterocycles. The van der Waals surface area contributed by atoms with E-state index < -0.39 is 10.0 Å². The lowest BCUT2D eigenvalue weighted by atomic mass is 10.2. The number of morpholine rings is 1. The van der Waals surface area contributed by atoms with E-state index in [1.54, 1.807) is 23.2 Å². The van der Waals surface area contributed by atoms with Crippen molar-refractivity contribution in [3.05, 3.63) is 60.2 Å². The van der Waals surface area contributed by atoms with Gasteiger partial charge in [0, 0.05) is 57.2 Å². The number of imidazole rings is 1. The van der Waals surface area contributed by atoms with Gasteiger partial charge in [-0.15, -0.1) is 10.2 Å². The Bertz CT molecular complexity index is 1280. The first-order chi connectivity index (χ1) is 16.9. The maximum atomic E-state index is 13.0. The molecule has 35 heavy (non-hydrogen) atoms. The topological polar surface area (TPSA) is 114 Å². The maximum Gasteiger partial charge on any atom is 0.253 e. The Labute approximate surface area is 204 Å². The van der Waals surface area contributed by atoms with Gasteiger partial charge in [0.1, 0.15) is 5.82 Å². The number of piperazine rings is 1. The van der Waals surface area contributed by atoms with Gasteiger partial charge in [-0.05, 0) is 43.3 Å². The molecule has 184 valence electrons. The van der Waals surface area contributed by atoms with Crippen molar-refractivity contribution in [2.24, 2.45) is 0 Å². The lowest BCUT2D eigenvalue weighted by Gasteiger charge is -2.35. The molecule has 0 radical (unpaired) electrons. The molecule has 3 aromatic rings. The van der Waals surface area contributed by atoms with Crippen molar-refractivity contribution in [2.45, 2.75) is 11.8 Å². The first kappa shape index (κ1) is 23.4. The molecule has 1 amide bonds. The zero-order valence-corrected chi connectivity index (χ0v) is 20.3. The van der Waals surface area contributed by atoms with Gasteiger partial charge in [0.25, 0.3) is 5.91 Å². The minimum atomic E-state index is -3.58. The number of ether oxygens (including phenoxy) is 1. The highest BCUT2D eigenvalue weighted by Crippen LogP contribution is 2.20. The van der Waals surface area contributed by atoms with Crippen LogP contribution in [0.15, 0.2) is 53.7 Å². The van der Waals surface area contributed by atoms with E-state index in [1.165, 1.54) is 16.4 Å². The molecule has 4 heterocycles. The average Bonchev–Trinajstić information content (AvgIpc) is 3.35. The summed E-state index contributed by atoms with van der Waals surface area (Å²) in [6.45, 7) is 5.70. The fraction of sp³-hybridized carbons (Fsp3) is 0.391. The molecule has 5 rings (SSSR count). The number of amides is 1. The van der Waals surface area contributed by atoms with E-state index in [0.717, 1.165) is 11.6 Å². The monoisotopic (exact) mass is 497 g/mol. The van der Waals surface area contributed by atoms with Crippen molar-refractivity contribution < 1.29 is 17.9 Å². The second-order valence-electron chi connectivity index (χ2n) is 8.41. The van der Waals surface area contributed by atoms with Crippen LogP contribution < -0.4 is 4.90 Å². The predicted octanol–water partition coefficient (Wildman–Crippen LogP) is 0.954. The standard InChI is InChI=1S/C23H27N7O4S/c1-18-24-8-9-30(18)22-7-6-21(25-26-22)27-10-12-28(13-11-27)23(31)19-2-4-20(5-3-19)35(32,33)29-14-16-34-17-15-29/h2-9H,10-17H2,1H3. The lowest BCUT2D eigenvalue weighted by Crippen LogP contribution is -2.49. The summed E-state index contributed by atoms with van der Waals surface area (Å²) in [4.78, 5) is 21.3. The highest BCUT2D eigenvalue weighted by molar-refractivity contribution is 7.89. The maximum absolute atomic E-state index is 13.0. The Morgan fingerprint density at radius 1 is 0.886 bits per heavy atom. The van der Waals surface area contributed by atoms with Crippen molar-refractivity contribution >= 4 is 21.7 Å². The molecular formula is C23H27N7O4S. The number of aromatic nitrogens is 4. The molecule has 12 heteroatoms. The number of benzene rings is 1. The molecule has 0 atom stereocenters. The largest absolute Gasteiger partial charge is 0.379 e. The average molecular weight is 498 g/mol. The SMILES string of the molecule is Cc1nccn1-c1ccc(N2CCN(C(=O)c3ccc(S(=O)(=O)N4CCOCC4)cc3)CC2)nn1. The lowest BCUT2D eigenvalue weighted by molar-refractivity contribution is 0.0730. The number of carbonyl (C=O) groups excluding carboxylic acids is 1. The quantitative estimate of drug-likeness (QED) is 0.512. The van der Waals surface area contributed by atoms with Crippen LogP contribution in [0.1, 0.15) is 16.2 Å². The minimum absolute atomic E-state index is 0.114. The van der Waals surface area contributed by atoms with Crippen LogP contribution in [0.3, 0.4) is 0 Å². The van der Waals surface area contributed by atoms with Crippen molar-refractivity contribution in [1.82, 2.24) is 29.0 Å². The third-order valence-electron chi connectivity index (χ3n) is 6.31. The molecule has 2 fully saturated rings. The molecule has 0 aliphatic carbocycles. The molecule has 0 bridgehead atoms. The molecule has 2 saturated heterocycles. The third-order valence-corrected chi connectivity index (χ3v) is 8.22. The summed E-state index contributed by atoms with van der Waals surface area (Å²) in [5.74, 6) is 2.19. The number of rotatable bonds is 5. The summed E-state index contributed by atoms with van der Waals surface area (Å²) < 4.78 is 34.1. The number of hydrogen-bond acceptors (Lipinski definition) is 8. The van der Waals surface area contributed by atoms with Crippen molar-refractivity contribution in [1.29, 1.82) is 0 Å². The van der Waals surface area contributed by atoms with Crippen molar-refractivity contribution in [3.8, 4) is 5.82 Å². The second-order valence-corrected chi connectivity index (χ2v) is 10.4. The fourth-order valence-corrected chi connectivity index (χ4v) is 5.67. The molecule has 2 aliphatic rings. The number of sulfonamides is 1. The summed E-state index contributed by atoms with van der Waals surface area (Å²) in [7, 11) is -3.58. The molecule has 2 aromatic heterocycles. The first-order valence-electron chi connectivity index (χ1n) is 11.5. The second kappa shape index (κ2) is 9.72. The van der Waals surface area contributed by atoms with Gasteiger partial charge in [-0.3, -0.25) is 9.36 Å². The fourth-order valence-electron chi connectivity index (χ4n) is 4.26. The van der Waals surface area contributed by atoms with Gasteiger partial charge in [-0.1, -0.05) is 0 Å². The number of hydrogen-bond donors (Lipinski definition) is 0. The highest BCUT2D eigenvalue weighted by Gasteiger charge is 2.27. The number of carbonyl (C=O) groups is 1. The van der Waals surface area contributed by atoms with Crippen LogP contribution in [-0.4, -0.2) is 95.8 Å². The Kier molecular flexibility index (Phi) is 6.50. The van der Waals surface area contributed by atoms with Gasteiger partial charge in [0.15, 0.2) is 11.6 Å². The van der Waals surface area contributed by atoms with Crippen LogP contribution in [0.2, 0.25) is 0 Å². The van der Waals surface area contributed by atoms with Gasteiger partial charge in [0.2, 0.25) is 10.0 Å². The van der Waals surface area contributed by atoms with E-state index in [0.29, 0.717) is 63.9 Å². The number of anilines is 1. The van der Waals surface area contributed by atoms with E-state index in [9.17, 15) is 13.2 Å². The Hall–Kier alpha value is -3.35. The van der Waals surface area contributed by atoms with Gasteiger partial charge in [0.05, 0.1) is 18.1 Å². The summed E-state index contributed by atoms with van der Waals surface area (Å²) in [6.07, 6.45) is 3.56. The van der Waals surface area contributed by atoms with Crippen LogP contribution in [0, 0.1) is 6.92 Å². The van der Waals surface area contributed by atoms with E-state index in [2.05, 4.69) is 20.1 Å². The highest BCUT2D eigenvalue weighted by atomic mass is 32.2. The van der Waals surface area contributed by atoms with E-state index in [4.69, 9.17) is 4.74 Å². The summed E-state index contributed by atoms with van der Waals surface area (Å²) in [6, 6.07) is 10.0. The summed E-state index contributed by atoms with van der Waals surface area (Å²) in [5.41, 5.74) is 0.472. The van der Waals surface area contributed by atoms with Crippen LogP contribution in [0.25, 0.3) is 5.82 Å². The Morgan fingerprint density at radius 2 is 1.54 bits per heavy atom. The van der Waals surface area contributed by atoms with Crippen LogP contribution in [0.5, 0.6) is 0 Å². The zero-order valence-electron chi connectivity index (χ0n) is 19.4. The third kappa shape index (κ3) is 4.77. The van der Waals surface area contributed by atoms with Crippen LogP contribution in [-0.2, 0) is 14.8 Å². The molecule has 0 N–H and O–H groups in total. The van der Waals surface area contributed by atoms with Crippen molar-refractivity contribution in [2.75, 3.05) is 57.4 Å². The zero-order chi connectivity index (χ0) is 24.4. The minimum Gasteiger partial charge on any atom is -0.379 e. The molecule has 0 saturated carbocycles. The molecule has 0 spiro atoms. The van der Waals surface area contributed by atoms with Gasteiger partial charge < -0.3 is 14.5 Å². The summed E-state index contributed by atoms with van der Waals surface area (Å²) >= 11 is 0. The first-order valence-corrected chi connectivity index (χ1v) is 12.9. The smallest absolute Gasteiger partial charge is 0.253 e. The Morgan fingerprint density at radius 3 is 2.14 bits per heavy atom. The van der Waals surface area contributed by atoms with Gasteiger partial charge >= 0.3 is 0 Å². The van der Waals surface area contributed by atoms with Crippen LogP contribution in [0.4, 0.5) is 5.82 Å². The summed E-state index contributed by atoms with van der Waals surface area (Å²) in [5, 5.41) is 8.67. The number of aryl methyl sites for hydroxylation is 1.